The molecule has 0 saturated carbocycles. The molecular formula is C13H18N2O3. The normalized spacial score (nSPS) is 14.8. The minimum Gasteiger partial charge on any atom is -0.490 e. The number of rotatable bonds is 2. The Morgan fingerprint density at radius 2 is 1.94 bits per heavy atom. The molecule has 0 unspecified atom stereocenters. The van der Waals surface area contributed by atoms with E-state index < -0.39 is 5.54 Å². The molecule has 0 radical (unpaired) electrons. The zero-order valence-corrected chi connectivity index (χ0v) is 10.7. The minimum atomic E-state index is -0.913. The Labute approximate surface area is 106 Å². The van der Waals surface area contributed by atoms with Crippen molar-refractivity contribution in [1.82, 2.24) is 0 Å². The Balaban J connectivity index is 2.16. The Morgan fingerprint density at radius 1 is 1.28 bits per heavy atom. The molecule has 5 nitrogen and oxygen atoms in total. The monoisotopic (exact) mass is 250 g/mol. The standard InChI is InChI=1S/C13H18N2O3/c1-13(2,14)12(16)15-9-4-5-10-11(8-9)18-7-3-6-17-10/h4-5,8H,3,6-7,14H2,1-2H3,(H,15,16). The van der Waals surface area contributed by atoms with Gasteiger partial charge >= 0.3 is 0 Å². The van der Waals surface area contributed by atoms with Crippen molar-refractivity contribution in [3.8, 4) is 11.5 Å². The Morgan fingerprint density at radius 3 is 2.61 bits per heavy atom. The summed E-state index contributed by atoms with van der Waals surface area (Å²) in [5.74, 6) is 1.12. The predicted molar refractivity (Wildman–Crippen MR) is 68.9 cm³/mol. The largest absolute Gasteiger partial charge is 0.490 e. The van der Waals surface area contributed by atoms with Crippen molar-refractivity contribution >= 4 is 11.6 Å². The molecule has 98 valence electrons. The van der Waals surface area contributed by atoms with Gasteiger partial charge in [0.05, 0.1) is 18.8 Å². The number of fused-ring (bicyclic) bond motifs is 1. The number of amides is 1. The van der Waals surface area contributed by atoms with Gasteiger partial charge in [0.15, 0.2) is 11.5 Å². The van der Waals surface area contributed by atoms with Crippen LogP contribution in [0.15, 0.2) is 18.2 Å². The molecule has 0 atom stereocenters. The van der Waals surface area contributed by atoms with Crippen LogP contribution in [0.5, 0.6) is 11.5 Å². The maximum Gasteiger partial charge on any atom is 0.243 e. The molecule has 1 aromatic rings. The van der Waals surface area contributed by atoms with Crippen molar-refractivity contribution in [2.75, 3.05) is 18.5 Å². The van der Waals surface area contributed by atoms with Crippen molar-refractivity contribution in [3.63, 3.8) is 0 Å². The molecule has 1 aromatic carbocycles. The van der Waals surface area contributed by atoms with Gasteiger partial charge in [-0.25, -0.2) is 0 Å². The second-order valence-corrected chi connectivity index (χ2v) is 4.89. The van der Waals surface area contributed by atoms with Gasteiger partial charge in [-0.15, -0.1) is 0 Å². The number of nitrogens with one attached hydrogen (secondary N) is 1. The fourth-order valence-electron chi connectivity index (χ4n) is 1.53. The maximum absolute atomic E-state index is 11.8. The molecule has 0 bridgehead atoms. The first-order valence-electron chi connectivity index (χ1n) is 5.97. The smallest absolute Gasteiger partial charge is 0.243 e. The zero-order chi connectivity index (χ0) is 13.2. The summed E-state index contributed by atoms with van der Waals surface area (Å²) in [4.78, 5) is 11.8. The van der Waals surface area contributed by atoms with Gasteiger partial charge in [-0.3, -0.25) is 4.79 Å². The number of hydrogen-bond donors (Lipinski definition) is 2. The lowest BCUT2D eigenvalue weighted by molar-refractivity contribution is -0.120. The molecule has 5 heteroatoms. The molecule has 3 N–H and O–H groups in total. The summed E-state index contributed by atoms with van der Waals surface area (Å²) < 4.78 is 11.1. The average molecular weight is 250 g/mol. The van der Waals surface area contributed by atoms with Crippen LogP contribution in [0.4, 0.5) is 5.69 Å². The van der Waals surface area contributed by atoms with Crippen molar-refractivity contribution in [2.45, 2.75) is 25.8 Å². The van der Waals surface area contributed by atoms with Gasteiger partial charge in [-0.1, -0.05) is 0 Å². The van der Waals surface area contributed by atoms with Crippen molar-refractivity contribution < 1.29 is 14.3 Å². The van der Waals surface area contributed by atoms with Crippen LogP contribution in [0, 0.1) is 0 Å². The highest BCUT2D eigenvalue weighted by molar-refractivity contribution is 5.97. The molecule has 0 aliphatic carbocycles. The minimum absolute atomic E-state index is 0.239. The number of carbonyl (C=O) groups is 1. The topological polar surface area (TPSA) is 73.6 Å². The van der Waals surface area contributed by atoms with E-state index in [1.54, 1.807) is 32.0 Å². The van der Waals surface area contributed by atoms with Crippen LogP contribution in [0.25, 0.3) is 0 Å². The van der Waals surface area contributed by atoms with Crippen LogP contribution in [0.3, 0.4) is 0 Å². The van der Waals surface area contributed by atoms with E-state index in [0.717, 1.165) is 6.42 Å². The number of anilines is 1. The number of carbonyl (C=O) groups excluding carboxylic acids is 1. The van der Waals surface area contributed by atoms with E-state index in [4.69, 9.17) is 15.2 Å². The summed E-state index contributed by atoms with van der Waals surface area (Å²) in [5, 5.41) is 2.75. The van der Waals surface area contributed by atoms with Crippen molar-refractivity contribution in [2.24, 2.45) is 5.73 Å². The Bertz CT molecular complexity index is 452. The summed E-state index contributed by atoms with van der Waals surface area (Å²) in [6, 6.07) is 5.32. The van der Waals surface area contributed by atoms with Gasteiger partial charge in [0.2, 0.25) is 5.91 Å². The van der Waals surface area contributed by atoms with E-state index in [1.807, 2.05) is 0 Å². The highest BCUT2D eigenvalue weighted by Crippen LogP contribution is 2.32. The number of benzene rings is 1. The molecule has 1 aliphatic heterocycles. The average Bonchev–Trinajstić information content (AvgIpc) is 2.52. The first-order chi connectivity index (χ1) is 8.47. The van der Waals surface area contributed by atoms with Gasteiger partial charge in [0, 0.05) is 18.2 Å². The van der Waals surface area contributed by atoms with E-state index in [0.29, 0.717) is 30.4 Å². The highest BCUT2D eigenvalue weighted by atomic mass is 16.5. The second-order valence-electron chi connectivity index (χ2n) is 4.89. The van der Waals surface area contributed by atoms with Crippen LogP contribution >= 0.6 is 0 Å². The molecule has 0 spiro atoms. The predicted octanol–water partition coefficient (Wildman–Crippen LogP) is 1.52. The quantitative estimate of drug-likeness (QED) is 0.834. The number of nitrogens with two attached hydrogens (primary N) is 1. The summed E-state index contributed by atoms with van der Waals surface area (Å²) >= 11 is 0. The SMILES string of the molecule is CC(C)(N)C(=O)Nc1ccc2c(c1)OCCCO2. The van der Waals surface area contributed by atoms with Crippen LogP contribution < -0.4 is 20.5 Å². The van der Waals surface area contributed by atoms with Gasteiger partial charge in [0.25, 0.3) is 0 Å². The van der Waals surface area contributed by atoms with Crippen LogP contribution in [-0.4, -0.2) is 24.7 Å². The number of ether oxygens (including phenoxy) is 2. The van der Waals surface area contributed by atoms with Crippen LogP contribution in [0.1, 0.15) is 20.3 Å². The first-order valence-corrected chi connectivity index (χ1v) is 5.97. The van der Waals surface area contributed by atoms with E-state index in [9.17, 15) is 4.79 Å². The Hall–Kier alpha value is -1.75. The van der Waals surface area contributed by atoms with Gasteiger partial charge < -0.3 is 20.5 Å². The molecule has 2 rings (SSSR count). The van der Waals surface area contributed by atoms with Gasteiger partial charge in [-0.2, -0.15) is 0 Å². The molecule has 1 aliphatic rings. The lowest BCUT2D eigenvalue weighted by Gasteiger charge is -2.18. The summed E-state index contributed by atoms with van der Waals surface area (Å²) in [5.41, 5.74) is 5.46. The third-order valence-electron chi connectivity index (χ3n) is 2.59. The van der Waals surface area contributed by atoms with E-state index in [1.165, 1.54) is 0 Å². The molecule has 0 saturated heterocycles. The second kappa shape index (κ2) is 4.86. The van der Waals surface area contributed by atoms with Gasteiger partial charge in [0.1, 0.15) is 0 Å². The summed E-state index contributed by atoms with van der Waals surface area (Å²) in [6.45, 7) is 4.58. The van der Waals surface area contributed by atoms with Crippen molar-refractivity contribution in [1.29, 1.82) is 0 Å². The molecule has 0 fully saturated rings. The summed E-state index contributed by atoms with van der Waals surface area (Å²) in [6.07, 6.45) is 0.853. The van der Waals surface area contributed by atoms with Gasteiger partial charge in [-0.05, 0) is 26.0 Å². The van der Waals surface area contributed by atoms with E-state index >= 15 is 0 Å². The first kappa shape index (κ1) is 12.7. The molecule has 0 aromatic heterocycles. The van der Waals surface area contributed by atoms with Crippen LogP contribution in [0.2, 0.25) is 0 Å². The highest BCUT2D eigenvalue weighted by Gasteiger charge is 2.22. The molecule has 18 heavy (non-hydrogen) atoms. The third-order valence-corrected chi connectivity index (χ3v) is 2.59. The number of hydrogen-bond acceptors (Lipinski definition) is 4. The lowest BCUT2D eigenvalue weighted by atomic mass is 10.1. The molecule has 1 amide bonds. The summed E-state index contributed by atoms with van der Waals surface area (Å²) in [7, 11) is 0. The zero-order valence-electron chi connectivity index (χ0n) is 10.7. The lowest BCUT2D eigenvalue weighted by Crippen LogP contribution is -2.45. The van der Waals surface area contributed by atoms with Crippen LogP contribution in [-0.2, 0) is 4.79 Å². The molecular weight excluding hydrogens is 232 g/mol. The Kier molecular flexibility index (Phi) is 3.43. The fraction of sp³-hybridized carbons (Fsp3) is 0.462. The van der Waals surface area contributed by atoms with E-state index in [-0.39, 0.29) is 5.91 Å². The fourth-order valence-corrected chi connectivity index (χ4v) is 1.53. The van der Waals surface area contributed by atoms with Crippen molar-refractivity contribution in [3.05, 3.63) is 18.2 Å². The maximum atomic E-state index is 11.8. The van der Waals surface area contributed by atoms with E-state index in [2.05, 4.69) is 5.32 Å². The molecule has 1 heterocycles. The third kappa shape index (κ3) is 2.92.